The van der Waals surface area contributed by atoms with Crippen LogP contribution in [0.3, 0.4) is 0 Å². The van der Waals surface area contributed by atoms with Crippen LogP contribution >= 0.6 is 0 Å². The van der Waals surface area contributed by atoms with Gasteiger partial charge < -0.3 is 0 Å². The molecule has 0 nitrogen and oxygen atoms in total. The van der Waals surface area contributed by atoms with Crippen LogP contribution < -0.4 is 0 Å². The van der Waals surface area contributed by atoms with Crippen LogP contribution in [0.2, 0.25) is 4.13 Å². The van der Waals surface area contributed by atoms with Gasteiger partial charge in [-0.2, -0.15) is 0 Å². The van der Waals surface area contributed by atoms with Crippen molar-refractivity contribution in [2.75, 3.05) is 0 Å². The van der Waals surface area contributed by atoms with Gasteiger partial charge in [0, 0.05) is 0 Å². The van der Waals surface area contributed by atoms with Gasteiger partial charge in [-0.25, -0.2) is 0 Å². The van der Waals surface area contributed by atoms with Crippen LogP contribution in [0.1, 0.15) is 20.8 Å². The van der Waals surface area contributed by atoms with Crippen molar-refractivity contribution < 1.29 is 24.7 Å². The third kappa shape index (κ3) is 4.88. The van der Waals surface area contributed by atoms with Gasteiger partial charge in [0.25, 0.3) is 0 Å². The molecule has 35 valence electrons. The topological polar surface area (TPSA) is 0 Å². The molecule has 0 unspecified atom stereocenters. The van der Waals surface area contributed by atoms with E-state index in [4.69, 9.17) is 0 Å². The van der Waals surface area contributed by atoms with E-state index < -0.39 is 0 Å². The molecule has 0 saturated carbocycles. The predicted octanol–water partition coefficient (Wildman–Crippen LogP) is 2.00. The maximum atomic E-state index is 2.27. The van der Waals surface area contributed by atoms with Crippen molar-refractivity contribution >= 4 is 0 Å². The summed E-state index contributed by atoms with van der Waals surface area (Å²) in [6.45, 7) is 6.80. The van der Waals surface area contributed by atoms with Gasteiger partial charge in [-0.1, -0.05) is 0 Å². The molecule has 0 atom stereocenters. The van der Waals surface area contributed by atoms with Crippen LogP contribution in [-0.2, 0) is 24.7 Å². The molecule has 0 amide bonds. The Balaban J connectivity index is 3.17. The van der Waals surface area contributed by atoms with Crippen molar-refractivity contribution in [3.63, 3.8) is 0 Å². The summed E-state index contributed by atoms with van der Waals surface area (Å²) >= 11 is 1.65. The second kappa shape index (κ2) is 2.26. The van der Waals surface area contributed by atoms with E-state index in [1.165, 1.54) is 4.13 Å². The van der Waals surface area contributed by atoms with Crippen molar-refractivity contribution in [1.29, 1.82) is 0 Å². The van der Waals surface area contributed by atoms with E-state index in [2.05, 4.69) is 20.8 Å². The molecule has 0 bridgehead atoms. The molecule has 0 aliphatic heterocycles. The molecule has 0 aromatic carbocycles. The summed E-state index contributed by atoms with van der Waals surface area (Å²) < 4.78 is 1.36. The Labute approximate surface area is 55.2 Å². The average Bonchev–Trinajstić information content (AvgIpc) is 1.35. The zero-order valence-corrected chi connectivity index (χ0v) is 7.17. The van der Waals surface area contributed by atoms with Crippen molar-refractivity contribution in [3.8, 4) is 0 Å². The first kappa shape index (κ1) is 6.88. The van der Waals surface area contributed by atoms with Gasteiger partial charge in [0.15, 0.2) is 0 Å². The van der Waals surface area contributed by atoms with Crippen LogP contribution in [0.4, 0.5) is 0 Å². The standard InChI is InChI=1S/C5H11.Zr/c1-5(2,3)4;/h1H2,2-4H3;. The number of hydrogen-bond donors (Lipinski definition) is 0. The molecule has 0 N–H and O–H groups in total. The third-order valence-corrected chi connectivity index (χ3v) is 3.14. The number of hydrogen-bond acceptors (Lipinski definition) is 0. The molecule has 0 spiro atoms. The van der Waals surface area contributed by atoms with E-state index in [9.17, 15) is 0 Å². The second-order valence-corrected chi connectivity index (χ2v) is 3.61. The Morgan fingerprint density at radius 3 is 1.50 bits per heavy atom. The molecule has 1 heteroatoms. The Morgan fingerprint density at radius 2 is 1.50 bits per heavy atom. The summed E-state index contributed by atoms with van der Waals surface area (Å²) in [7, 11) is 0. The van der Waals surface area contributed by atoms with E-state index in [-0.39, 0.29) is 0 Å². The molecule has 0 rings (SSSR count). The zero-order valence-electron chi connectivity index (χ0n) is 4.71. The number of rotatable bonds is 0. The normalized spacial score (nSPS) is 11.7. The van der Waals surface area contributed by atoms with Crippen molar-refractivity contribution in [2.24, 2.45) is 5.41 Å². The predicted molar refractivity (Wildman–Crippen MR) is 24.3 cm³/mol. The summed E-state index contributed by atoms with van der Waals surface area (Å²) in [4.78, 5) is 0. The van der Waals surface area contributed by atoms with Gasteiger partial charge >= 0.3 is 55.0 Å². The molecule has 0 heterocycles. The van der Waals surface area contributed by atoms with Crippen molar-refractivity contribution in [3.05, 3.63) is 0 Å². The van der Waals surface area contributed by atoms with Crippen molar-refractivity contribution in [2.45, 2.75) is 24.9 Å². The molecule has 0 aromatic heterocycles. The van der Waals surface area contributed by atoms with Crippen molar-refractivity contribution in [1.82, 2.24) is 0 Å². The second-order valence-electron chi connectivity index (χ2n) is 2.74. The van der Waals surface area contributed by atoms with E-state index in [1.807, 2.05) is 0 Å². The van der Waals surface area contributed by atoms with Gasteiger partial charge in [0.05, 0.1) is 0 Å². The molecule has 6 heavy (non-hydrogen) atoms. The quantitative estimate of drug-likeness (QED) is 0.511. The Morgan fingerprint density at radius 1 is 1.33 bits per heavy atom. The van der Waals surface area contributed by atoms with Gasteiger partial charge in [-0.05, 0) is 0 Å². The Kier molecular flexibility index (Phi) is 2.59. The zero-order chi connectivity index (χ0) is 5.21. The van der Waals surface area contributed by atoms with E-state index >= 15 is 0 Å². The minimum absolute atomic E-state index is 0.582. The first-order valence-corrected chi connectivity index (χ1v) is 3.95. The molecule has 0 fully saturated rings. The van der Waals surface area contributed by atoms with Crippen LogP contribution in [0.25, 0.3) is 0 Å². The van der Waals surface area contributed by atoms with Crippen LogP contribution in [0.5, 0.6) is 0 Å². The summed E-state index contributed by atoms with van der Waals surface area (Å²) in [5.74, 6) is 0. The van der Waals surface area contributed by atoms with E-state index in [0.29, 0.717) is 5.41 Å². The van der Waals surface area contributed by atoms with Gasteiger partial charge in [-0.3, -0.25) is 0 Å². The SMILES string of the molecule is CC(C)(C)[CH2][Zr]. The van der Waals surface area contributed by atoms with E-state index in [1.54, 1.807) is 24.7 Å². The molecule has 0 aromatic rings. The fourth-order valence-corrected chi connectivity index (χ4v) is 0. The van der Waals surface area contributed by atoms with Gasteiger partial charge in [0.2, 0.25) is 0 Å². The summed E-state index contributed by atoms with van der Waals surface area (Å²) in [6.07, 6.45) is 0. The Hall–Kier alpha value is 0.883. The first-order chi connectivity index (χ1) is 2.56. The van der Waals surface area contributed by atoms with Crippen LogP contribution in [0, 0.1) is 5.41 Å². The third-order valence-electron chi connectivity index (χ3n) is 0.530. The molecule has 0 aliphatic rings. The average molecular weight is 162 g/mol. The van der Waals surface area contributed by atoms with Gasteiger partial charge in [0.1, 0.15) is 0 Å². The fourth-order valence-electron chi connectivity index (χ4n) is 0. The molecule has 0 aliphatic carbocycles. The fraction of sp³-hybridized carbons (Fsp3) is 1.00. The molecular formula is C5H11Zr. The summed E-state index contributed by atoms with van der Waals surface area (Å²) in [5.41, 5.74) is 0.582. The molecule has 0 saturated heterocycles. The van der Waals surface area contributed by atoms with Crippen LogP contribution in [-0.4, -0.2) is 0 Å². The maximum absolute atomic E-state index is 2.27. The molecule has 0 radical (unpaired) electrons. The molecular weight excluding hydrogens is 151 g/mol. The summed E-state index contributed by atoms with van der Waals surface area (Å²) in [5, 5.41) is 0. The first-order valence-electron chi connectivity index (χ1n) is 2.21. The Bertz CT molecular complexity index is 33.7. The monoisotopic (exact) mass is 161 g/mol. The van der Waals surface area contributed by atoms with Crippen LogP contribution in [0.15, 0.2) is 0 Å². The van der Waals surface area contributed by atoms with Gasteiger partial charge in [-0.15, -0.1) is 0 Å². The summed E-state index contributed by atoms with van der Waals surface area (Å²) in [6, 6.07) is 0. The van der Waals surface area contributed by atoms with E-state index in [0.717, 1.165) is 0 Å². The minimum atomic E-state index is 0.582.